The molecule has 0 radical (unpaired) electrons. The summed E-state index contributed by atoms with van der Waals surface area (Å²) in [4.78, 5) is 11.6. The quantitative estimate of drug-likeness (QED) is 0.595. The number of ketones is 1. The monoisotopic (exact) mass is 234 g/mol. The van der Waals surface area contributed by atoms with Gasteiger partial charge in [0, 0.05) is 0 Å². The Morgan fingerprint density at radius 3 is 2.65 bits per heavy atom. The van der Waals surface area contributed by atoms with E-state index in [1.54, 1.807) is 0 Å². The topological polar surface area (TPSA) is 75.8 Å². The van der Waals surface area contributed by atoms with Gasteiger partial charge in [-0.25, -0.2) is 5.84 Å². The van der Waals surface area contributed by atoms with E-state index in [2.05, 4.69) is 0 Å². The number of aliphatic hydroxyl groups excluding tert-OH is 1. The van der Waals surface area contributed by atoms with Crippen molar-refractivity contribution in [3.05, 3.63) is 47.4 Å². The number of aliphatic hydroxyl groups is 1. The lowest BCUT2D eigenvalue weighted by molar-refractivity contribution is -0.123. The summed E-state index contributed by atoms with van der Waals surface area (Å²) in [5.74, 6) is 5.39. The van der Waals surface area contributed by atoms with E-state index in [-0.39, 0.29) is 30.5 Å². The van der Waals surface area contributed by atoms with Crippen LogP contribution in [-0.2, 0) is 16.1 Å². The summed E-state index contributed by atoms with van der Waals surface area (Å²) < 4.78 is 4.88. The average molecular weight is 234 g/mol. The van der Waals surface area contributed by atoms with Gasteiger partial charge in [-0.1, -0.05) is 30.3 Å². The summed E-state index contributed by atoms with van der Waals surface area (Å²) in [5.41, 5.74) is 1.11. The third-order valence-electron chi connectivity index (χ3n) is 2.49. The Morgan fingerprint density at radius 2 is 2.00 bits per heavy atom. The van der Waals surface area contributed by atoms with Gasteiger partial charge in [0.15, 0.2) is 0 Å². The van der Waals surface area contributed by atoms with Crippen LogP contribution in [0.3, 0.4) is 0 Å². The zero-order chi connectivity index (χ0) is 12.3. The molecule has 3 N–H and O–H groups in total. The molecule has 1 aromatic rings. The van der Waals surface area contributed by atoms with E-state index in [0.717, 1.165) is 5.56 Å². The number of benzene rings is 1. The molecule has 0 amide bonds. The van der Waals surface area contributed by atoms with E-state index in [1.807, 2.05) is 30.3 Å². The van der Waals surface area contributed by atoms with Crippen molar-refractivity contribution in [2.75, 3.05) is 13.2 Å². The molecule has 0 aliphatic carbocycles. The standard InChI is InChI=1S/C12H14N2O3/c13-14(6-9-4-2-1-3-5-9)12-10(15)7-17-8-11(12)16/h1-5,15H,6-8,13H2. The molecule has 17 heavy (non-hydrogen) atoms. The highest BCUT2D eigenvalue weighted by molar-refractivity contribution is 5.96. The van der Waals surface area contributed by atoms with Gasteiger partial charge < -0.3 is 14.9 Å². The number of carbonyl (C=O) groups excluding carboxylic acids is 1. The Labute approximate surface area is 99.1 Å². The second-order valence-electron chi connectivity index (χ2n) is 3.82. The summed E-state index contributed by atoms with van der Waals surface area (Å²) in [6, 6.07) is 9.50. The van der Waals surface area contributed by atoms with Crippen LogP contribution in [-0.4, -0.2) is 29.1 Å². The van der Waals surface area contributed by atoms with Gasteiger partial charge in [0.1, 0.15) is 24.7 Å². The number of ether oxygens (including phenoxy) is 1. The Kier molecular flexibility index (Phi) is 3.41. The van der Waals surface area contributed by atoms with Crippen LogP contribution in [0.2, 0.25) is 0 Å². The summed E-state index contributed by atoms with van der Waals surface area (Å²) >= 11 is 0. The Balaban J connectivity index is 2.15. The number of carbonyl (C=O) groups is 1. The minimum atomic E-state index is -0.299. The number of nitrogens with two attached hydrogens (primary N) is 1. The first-order valence-electron chi connectivity index (χ1n) is 5.27. The van der Waals surface area contributed by atoms with Crippen molar-refractivity contribution in [3.63, 3.8) is 0 Å². The average Bonchev–Trinajstić information content (AvgIpc) is 2.30. The van der Waals surface area contributed by atoms with Crippen LogP contribution < -0.4 is 5.84 Å². The third kappa shape index (κ3) is 2.64. The Hall–Kier alpha value is -1.85. The summed E-state index contributed by atoms with van der Waals surface area (Å²) in [5, 5.41) is 10.9. The minimum Gasteiger partial charge on any atom is -0.507 e. The fraction of sp³-hybridized carbons (Fsp3) is 0.250. The first kappa shape index (κ1) is 11.6. The highest BCUT2D eigenvalue weighted by Gasteiger charge is 2.24. The maximum absolute atomic E-state index is 11.6. The van der Waals surface area contributed by atoms with Crippen molar-refractivity contribution >= 4 is 5.78 Å². The van der Waals surface area contributed by atoms with Crippen LogP contribution in [0.5, 0.6) is 0 Å². The SMILES string of the molecule is NN(Cc1ccccc1)C1=C(O)COCC1=O. The number of hydrogen-bond acceptors (Lipinski definition) is 5. The smallest absolute Gasteiger partial charge is 0.209 e. The van der Waals surface area contributed by atoms with Crippen LogP contribution in [0.25, 0.3) is 0 Å². The molecule has 1 aliphatic rings. The molecule has 1 aliphatic heterocycles. The molecule has 0 spiro atoms. The van der Waals surface area contributed by atoms with E-state index in [9.17, 15) is 9.90 Å². The van der Waals surface area contributed by atoms with E-state index in [4.69, 9.17) is 10.6 Å². The maximum atomic E-state index is 11.6. The van der Waals surface area contributed by atoms with Crippen molar-refractivity contribution in [1.82, 2.24) is 5.01 Å². The molecule has 90 valence electrons. The highest BCUT2D eigenvalue weighted by atomic mass is 16.5. The number of hydrazine groups is 1. The Bertz CT molecular complexity index is 442. The first-order chi connectivity index (χ1) is 8.18. The molecular weight excluding hydrogens is 220 g/mol. The highest BCUT2D eigenvalue weighted by Crippen LogP contribution is 2.15. The van der Waals surface area contributed by atoms with Gasteiger partial charge in [-0.05, 0) is 5.56 Å². The van der Waals surface area contributed by atoms with Gasteiger partial charge >= 0.3 is 0 Å². The minimum absolute atomic E-state index is 0.0313. The summed E-state index contributed by atoms with van der Waals surface area (Å²) in [6.07, 6.45) is 0. The molecule has 5 nitrogen and oxygen atoms in total. The maximum Gasteiger partial charge on any atom is 0.209 e. The normalized spacial score (nSPS) is 16.2. The molecular formula is C12H14N2O3. The molecule has 5 heteroatoms. The van der Waals surface area contributed by atoms with Crippen molar-refractivity contribution in [1.29, 1.82) is 0 Å². The molecule has 0 bridgehead atoms. The van der Waals surface area contributed by atoms with Gasteiger partial charge in [-0.2, -0.15) is 0 Å². The zero-order valence-corrected chi connectivity index (χ0v) is 9.30. The van der Waals surface area contributed by atoms with E-state index in [1.165, 1.54) is 5.01 Å². The number of Topliss-reactive ketones (excluding diaryl/α,β-unsaturated/α-hetero) is 1. The molecule has 0 atom stereocenters. The van der Waals surface area contributed by atoms with E-state index in [0.29, 0.717) is 6.54 Å². The number of rotatable bonds is 3. The van der Waals surface area contributed by atoms with Gasteiger partial charge in [-0.3, -0.25) is 4.79 Å². The molecule has 0 saturated heterocycles. The molecule has 1 aromatic carbocycles. The van der Waals surface area contributed by atoms with Crippen molar-refractivity contribution in [2.45, 2.75) is 6.54 Å². The fourth-order valence-corrected chi connectivity index (χ4v) is 1.72. The molecule has 0 fully saturated rings. The fourth-order valence-electron chi connectivity index (χ4n) is 1.72. The third-order valence-corrected chi connectivity index (χ3v) is 2.49. The number of hydrogen-bond donors (Lipinski definition) is 2. The lowest BCUT2D eigenvalue weighted by Crippen LogP contribution is -2.38. The van der Waals surface area contributed by atoms with Crippen LogP contribution in [0.1, 0.15) is 5.56 Å². The van der Waals surface area contributed by atoms with Crippen molar-refractivity contribution in [3.8, 4) is 0 Å². The second kappa shape index (κ2) is 4.99. The van der Waals surface area contributed by atoms with Crippen molar-refractivity contribution < 1.29 is 14.6 Å². The summed E-state index contributed by atoms with van der Waals surface area (Å²) in [7, 11) is 0. The van der Waals surface area contributed by atoms with Gasteiger partial charge in [0.05, 0.1) is 6.54 Å². The predicted molar refractivity (Wildman–Crippen MR) is 61.7 cm³/mol. The Morgan fingerprint density at radius 1 is 1.29 bits per heavy atom. The van der Waals surface area contributed by atoms with Crippen LogP contribution in [0.4, 0.5) is 0 Å². The van der Waals surface area contributed by atoms with E-state index >= 15 is 0 Å². The van der Waals surface area contributed by atoms with Crippen molar-refractivity contribution in [2.24, 2.45) is 5.84 Å². The first-order valence-corrected chi connectivity index (χ1v) is 5.27. The van der Waals surface area contributed by atoms with E-state index < -0.39 is 0 Å². The molecule has 0 aromatic heterocycles. The molecule has 1 heterocycles. The van der Waals surface area contributed by atoms with Crippen LogP contribution in [0.15, 0.2) is 41.8 Å². The number of nitrogens with zero attached hydrogens (tertiary/aromatic N) is 1. The molecule has 0 unspecified atom stereocenters. The lowest BCUT2D eigenvalue weighted by atomic mass is 10.1. The zero-order valence-electron chi connectivity index (χ0n) is 9.30. The second-order valence-corrected chi connectivity index (χ2v) is 3.82. The van der Waals surface area contributed by atoms with Gasteiger partial charge in [0.25, 0.3) is 0 Å². The molecule has 0 saturated carbocycles. The van der Waals surface area contributed by atoms with Crippen LogP contribution in [0, 0.1) is 0 Å². The lowest BCUT2D eigenvalue weighted by Gasteiger charge is -2.25. The molecule has 2 rings (SSSR count). The van der Waals surface area contributed by atoms with Crippen LogP contribution >= 0.6 is 0 Å². The summed E-state index contributed by atoms with van der Waals surface area (Å²) in [6.45, 7) is 0.359. The predicted octanol–water partition coefficient (Wildman–Crippen LogP) is 0.731. The largest absolute Gasteiger partial charge is 0.507 e. The van der Waals surface area contributed by atoms with Gasteiger partial charge in [0.2, 0.25) is 5.78 Å². The van der Waals surface area contributed by atoms with Gasteiger partial charge in [-0.15, -0.1) is 0 Å².